The summed E-state index contributed by atoms with van der Waals surface area (Å²) in [5.41, 5.74) is 8.73. The zero-order valence-corrected chi connectivity index (χ0v) is 10.9. The highest BCUT2D eigenvalue weighted by Gasteiger charge is 2.20. The molecule has 0 nitrogen and oxygen atoms in total. The van der Waals surface area contributed by atoms with Crippen LogP contribution in [0.5, 0.6) is 0 Å². The number of fused-ring (bicyclic) bond motifs is 5. The zero-order chi connectivity index (χ0) is 12.7. The van der Waals surface area contributed by atoms with Crippen LogP contribution in [0.15, 0.2) is 60.7 Å². The molecule has 3 aliphatic rings. The average molecular weight is 244 g/mol. The minimum Gasteiger partial charge on any atom is -0.0622 e. The normalized spacial score (nSPS) is 13.7. The van der Waals surface area contributed by atoms with Crippen LogP contribution in [0.1, 0.15) is 17.5 Å². The Balaban J connectivity index is 2.06. The molecule has 4 rings (SSSR count). The second kappa shape index (κ2) is 4.24. The first kappa shape index (κ1) is 10.8. The predicted molar refractivity (Wildman–Crippen MR) is 80.5 cm³/mol. The smallest absolute Gasteiger partial charge is 0.0137 e. The third kappa shape index (κ3) is 1.67. The topological polar surface area (TPSA) is 0 Å². The maximum atomic E-state index is 2.37. The first-order valence-corrected chi connectivity index (χ1v) is 7.02. The van der Waals surface area contributed by atoms with E-state index >= 15 is 0 Å². The van der Waals surface area contributed by atoms with Crippen molar-refractivity contribution in [2.75, 3.05) is 0 Å². The van der Waals surface area contributed by atoms with E-state index in [1.54, 1.807) is 0 Å². The molecule has 1 aromatic carbocycles. The van der Waals surface area contributed by atoms with Crippen LogP contribution in [-0.4, -0.2) is 0 Å². The molecule has 0 radical (unpaired) electrons. The Morgan fingerprint density at radius 3 is 2.42 bits per heavy atom. The van der Waals surface area contributed by atoms with E-state index in [0.717, 1.165) is 0 Å². The van der Waals surface area contributed by atoms with Gasteiger partial charge in [0.15, 0.2) is 0 Å². The number of hydrogen-bond acceptors (Lipinski definition) is 0. The Morgan fingerprint density at radius 2 is 1.42 bits per heavy atom. The van der Waals surface area contributed by atoms with E-state index in [0.29, 0.717) is 0 Å². The van der Waals surface area contributed by atoms with E-state index in [-0.39, 0.29) is 0 Å². The standard InChI is InChI=1S/C19H16/c1-2-8-15-13-19-16-11-5-4-7-14(16)9-6-12-18(19)17(15)10-3-1/h1-5,7-8,10-11,13H,6,9,12H2. The first-order chi connectivity index (χ1) is 9.43. The Hall–Kier alpha value is -2.08. The fraction of sp³-hybridized carbons (Fsp3) is 0.158. The van der Waals surface area contributed by atoms with E-state index in [4.69, 9.17) is 0 Å². The van der Waals surface area contributed by atoms with Crippen LogP contribution in [0.4, 0.5) is 0 Å². The van der Waals surface area contributed by atoms with Gasteiger partial charge in [-0.1, -0.05) is 54.6 Å². The van der Waals surface area contributed by atoms with E-state index in [2.05, 4.69) is 60.7 Å². The van der Waals surface area contributed by atoms with Gasteiger partial charge in [-0.3, -0.25) is 0 Å². The highest BCUT2D eigenvalue weighted by molar-refractivity contribution is 5.86. The van der Waals surface area contributed by atoms with E-state index in [1.165, 1.54) is 52.6 Å². The zero-order valence-electron chi connectivity index (χ0n) is 10.9. The van der Waals surface area contributed by atoms with Gasteiger partial charge in [0.2, 0.25) is 0 Å². The van der Waals surface area contributed by atoms with Crippen molar-refractivity contribution >= 4 is 0 Å². The van der Waals surface area contributed by atoms with Crippen molar-refractivity contribution in [3.8, 4) is 22.3 Å². The van der Waals surface area contributed by atoms with Gasteiger partial charge in [0.25, 0.3) is 0 Å². The molecule has 3 aliphatic carbocycles. The second-order valence-electron chi connectivity index (χ2n) is 5.33. The molecule has 0 heterocycles. The largest absolute Gasteiger partial charge is 0.0622 e. The highest BCUT2D eigenvalue weighted by atomic mass is 14.2. The van der Waals surface area contributed by atoms with Crippen LogP contribution in [-0.2, 0) is 12.8 Å². The van der Waals surface area contributed by atoms with Crippen LogP contribution in [0.3, 0.4) is 0 Å². The summed E-state index contributed by atoms with van der Waals surface area (Å²) in [6.07, 6.45) is 3.64. The highest BCUT2D eigenvalue weighted by Crippen LogP contribution is 2.41. The van der Waals surface area contributed by atoms with E-state index in [1.807, 2.05) is 0 Å². The average Bonchev–Trinajstić information content (AvgIpc) is 2.62. The molecule has 0 aliphatic heterocycles. The molecular formula is C19H16. The fourth-order valence-corrected chi connectivity index (χ4v) is 3.32. The first-order valence-electron chi connectivity index (χ1n) is 7.02. The summed E-state index contributed by atoms with van der Waals surface area (Å²) in [7, 11) is 0. The molecule has 1 aromatic rings. The third-order valence-electron chi connectivity index (χ3n) is 4.20. The van der Waals surface area contributed by atoms with Gasteiger partial charge in [0.05, 0.1) is 0 Å². The minimum absolute atomic E-state index is 1.19. The van der Waals surface area contributed by atoms with Crippen LogP contribution in [0, 0.1) is 0 Å². The summed E-state index contributed by atoms with van der Waals surface area (Å²) in [6.45, 7) is 0. The lowest BCUT2D eigenvalue weighted by Gasteiger charge is -2.04. The number of rotatable bonds is 0. The Kier molecular flexibility index (Phi) is 2.41. The maximum Gasteiger partial charge on any atom is -0.0137 e. The molecule has 0 spiro atoms. The second-order valence-corrected chi connectivity index (χ2v) is 5.33. The lowest BCUT2D eigenvalue weighted by atomic mass is 10.00. The summed E-state index contributed by atoms with van der Waals surface area (Å²) >= 11 is 0. The fourth-order valence-electron chi connectivity index (χ4n) is 3.32. The predicted octanol–water partition coefficient (Wildman–Crippen LogP) is 4.95. The number of aryl methyl sites for hydroxylation is 1. The molecule has 0 unspecified atom stereocenters. The van der Waals surface area contributed by atoms with Crippen molar-refractivity contribution in [2.24, 2.45) is 0 Å². The summed E-state index contributed by atoms with van der Waals surface area (Å²) in [5.74, 6) is 0. The van der Waals surface area contributed by atoms with Crippen molar-refractivity contribution in [3.63, 3.8) is 0 Å². The molecule has 0 aromatic heterocycles. The molecule has 19 heavy (non-hydrogen) atoms. The van der Waals surface area contributed by atoms with Crippen molar-refractivity contribution in [1.29, 1.82) is 0 Å². The van der Waals surface area contributed by atoms with Gasteiger partial charge < -0.3 is 0 Å². The van der Waals surface area contributed by atoms with Gasteiger partial charge >= 0.3 is 0 Å². The molecule has 0 fully saturated rings. The molecule has 0 saturated carbocycles. The van der Waals surface area contributed by atoms with Gasteiger partial charge in [-0.25, -0.2) is 0 Å². The summed E-state index contributed by atoms with van der Waals surface area (Å²) in [5, 5.41) is 0. The summed E-state index contributed by atoms with van der Waals surface area (Å²) in [4.78, 5) is 0. The Labute approximate surface area is 114 Å². The molecule has 0 bridgehead atoms. The summed E-state index contributed by atoms with van der Waals surface area (Å²) in [6, 6.07) is 22.1. The summed E-state index contributed by atoms with van der Waals surface area (Å²) < 4.78 is 0. The lowest BCUT2D eigenvalue weighted by Crippen LogP contribution is -1.86. The Morgan fingerprint density at radius 1 is 0.632 bits per heavy atom. The Bertz CT molecular complexity index is 709. The van der Waals surface area contributed by atoms with Crippen LogP contribution in [0.25, 0.3) is 22.3 Å². The van der Waals surface area contributed by atoms with E-state index in [9.17, 15) is 0 Å². The molecule has 0 N–H and O–H groups in total. The molecule has 0 atom stereocenters. The van der Waals surface area contributed by atoms with Crippen molar-refractivity contribution in [2.45, 2.75) is 19.3 Å². The molecule has 92 valence electrons. The number of hydrogen-bond donors (Lipinski definition) is 0. The van der Waals surface area contributed by atoms with Gasteiger partial charge in [-0.15, -0.1) is 0 Å². The van der Waals surface area contributed by atoms with Crippen molar-refractivity contribution in [3.05, 3.63) is 71.8 Å². The van der Waals surface area contributed by atoms with Crippen LogP contribution in [0.2, 0.25) is 0 Å². The SMILES string of the molecule is c1ccc2cc3c(c-2cc1)CCCc1ccccc1-3. The number of benzene rings is 1. The van der Waals surface area contributed by atoms with E-state index < -0.39 is 0 Å². The van der Waals surface area contributed by atoms with Gasteiger partial charge in [-0.2, -0.15) is 0 Å². The van der Waals surface area contributed by atoms with Crippen LogP contribution < -0.4 is 0 Å². The minimum atomic E-state index is 1.19. The third-order valence-corrected chi connectivity index (χ3v) is 4.20. The van der Waals surface area contributed by atoms with Gasteiger partial charge in [0, 0.05) is 0 Å². The van der Waals surface area contributed by atoms with Gasteiger partial charge in [0.1, 0.15) is 0 Å². The van der Waals surface area contributed by atoms with Crippen molar-refractivity contribution < 1.29 is 0 Å². The monoisotopic (exact) mass is 244 g/mol. The molecule has 0 heteroatoms. The van der Waals surface area contributed by atoms with Gasteiger partial charge in [-0.05, 0) is 58.7 Å². The van der Waals surface area contributed by atoms with Crippen molar-refractivity contribution in [1.82, 2.24) is 0 Å². The molecular weight excluding hydrogens is 228 g/mol. The maximum absolute atomic E-state index is 2.37. The van der Waals surface area contributed by atoms with Crippen LogP contribution >= 0.6 is 0 Å². The molecule has 0 saturated heterocycles. The molecule has 0 amide bonds. The lowest BCUT2D eigenvalue weighted by molar-refractivity contribution is 0.837. The quantitative estimate of drug-likeness (QED) is 0.525.